The van der Waals surface area contributed by atoms with Crippen molar-refractivity contribution >= 4 is 16.7 Å². The molecule has 1 atom stereocenters. The minimum atomic E-state index is -0.493. The van der Waals surface area contributed by atoms with Crippen molar-refractivity contribution in [2.75, 3.05) is 26.8 Å². The van der Waals surface area contributed by atoms with Crippen LogP contribution in [-0.4, -0.2) is 52.7 Å². The Balaban J connectivity index is 1.40. The van der Waals surface area contributed by atoms with Crippen LogP contribution in [0.5, 0.6) is 5.75 Å². The van der Waals surface area contributed by atoms with Crippen LogP contribution in [0.2, 0.25) is 0 Å². The van der Waals surface area contributed by atoms with Crippen molar-refractivity contribution in [1.82, 2.24) is 20.0 Å². The molecule has 0 bridgehead atoms. The number of carbonyl (C=O) groups excluding carboxylic acids is 1. The van der Waals surface area contributed by atoms with Gasteiger partial charge in [-0.25, -0.2) is 0 Å². The van der Waals surface area contributed by atoms with E-state index in [0.29, 0.717) is 42.7 Å². The summed E-state index contributed by atoms with van der Waals surface area (Å²) in [5, 5.41) is 5.76. The average Bonchev–Trinajstić information content (AvgIpc) is 3.34. The number of pyridine rings is 1. The van der Waals surface area contributed by atoms with Crippen LogP contribution in [0.25, 0.3) is 22.3 Å². The Morgan fingerprint density at radius 1 is 1.10 bits per heavy atom. The summed E-state index contributed by atoms with van der Waals surface area (Å²) >= 11 is 0. The SMILES string of the molecule is COc1ccc(C(=O)N2CCOC(c3nc(-c4ccccn4)no3)C2)c2ccccc12. The van der Waals surface area contributed by atoms with Gasteiger partial charge in [-0.15, -0.1) is 0 Å². The normalized spacial score (nSPS) is 16.4. The third-order valence-corrected chi connectivity index (χ3v) is 5.30. The molecule has 1 aliphatic heterocycles. The Kier molecular flexibility index (Phi) is 5.05. The van der Waals surface area contributed by atoms with Crippen molar-refractivity contribution in [3.63, 3.8) is 0 Å². The van der Waals surface area contributed by atoms with E-state index in [-0.39, 0.29) is 5.91 Å². The van der Waals surface area contributed by atoms with E-state index in [1.54, 1.807) is 30.3 Å². The Labute approximate surface area is 178 Å². The van der Waals surface area contributed by atoms with E-state index in [1.165, 1.54) is 0 Å². The minimum Gasteiger partial charge on any atom is -0.496 e. The van der Waals surface area contributed by atoms with E-state index < -0.39 is 6.10 Å². The molecule has 156 valence electrons. The molecule has 3 heterocycles. The van der Waals surface area contributed by atoms with Gasteiger partial charge in [0.1, 0.15) is 11.4 Å². The summed E-state index contributed by atoms with van der Waals surface area (Å²) in [6.07, 6.45) is 1.18. The molecule has 0 N–H and O–H groups in total. The van der Waals surface area contributed by atoms with Crippen LogP contribution in [0, 0.1) is 0 Å². The first-order chi connectivity index (χ1) is 15.2. The molecule has 0 aliphatic carbocycles. The number of amides is 1. The average molecular weight is 416 g/mol. The molecule has 0 spiro atoms. The highest BCUT2D eigenvalue weighted by molar-refractivity contribution is 6.08. The lowest BCUT2D eigenvalue weighted by molar-refractivity contribution is -0.0366. The summed E-state index contributed by atoms with van der Waals surface area (Å²) in [5.41, 5.74) is 1.24. The third kappa shape index (κ3) is 3.62. The van der Waals surface area contributed by atoms with Crippen molar-refractivity contribution in [3.05, 3.63) is 72.2 Å². The smallest absolute Gasteiger partial charge is 0.257 e. The molecule has 8 heteroatoms. The van der Waals surface area contributed by atoms with Gasteiger partial charge in [0.25, 0.3) is 11.8 Å². The van der Waals surface area contributed by atoms with Crippen LogP contribution in [0.3, 0.4) is 0 Å². The number of hydrogen-bond acceptors (Lipinski definition) is 7. The molecule has 1 aliphatic rings. The molecule has 4 aromatic rings. The minimum absolute atomic E-state index is 0.0726. The molecule has 2 aromatic heterocycles. The van der Waals surface area contributed by atoms with Gasteiger partial charge in [0, 0.05) is 23.7 Å². The molecule has 0 saturated carbocycles. The molecule has 5 rings (SSSR count). The summed E-state index contributed by atoms with van der Waals surface area (Å²) in [4.78, 5) is 23.8. The summed E-state index contributed by atoms with van der Waals surface area (Å²) in [7, 11) is 1.62. The Bertz CT molecular complexity index is 1220. The second kappa shape index (κ2) is 8.16. The molecule has 31 heavy (non-hydrogen) atoms. The maximum atomic E-state index is 13.4. The molecule has 2 aromatic carbocycles. The van der Waals surface area contributed by atoms with E-state index in [4.69, 9.17) is 14.0 Å². The molecule has 1 unspecified atom stereocenters. The largest absolute Gasteiger partial charge is 0.496 e. The van der Waals surface area contributed by atoms with E-state index in [2.05, 4.69) is 15.1 Å². The number of benzene rings is 2. The topological polar surface area (TPSA) is 90.6 Å². The van der Waals surface area contributed by atoms with Crippen molar-refractivity contribution in [2.45, 2.75) is 6.10 Å². The van der Waals surface area contributed by atoms with Gasteiger partial charge in [-0.2, -0.15) is 4.98 Å². The van der Waals surface area contributed by atoms with Crippen LogP contribution in [0.4, 0.5) is 0 Å². The second-order valence-corrected chi connectivity index (χ2v) is 7.14. The van der Waals surface area contributed by atoms with E-state index >= 15 is 0 Å². The Hall–Kier alpha value is -3.78. The van der Waals surface area contributed by atoms with Gasteiger partial charge in [-0.3, -0.25) is 9.78 Å². The number of nitrogens with zero attached hydrogens (tertiary/aromatic N) is 4. The first-order valence-corrected chi connectivity index (χ1v) is 9.96. The molecule has 1 amide bonds. The lowest BCUT2D eigenvalue weighted by atomic mass is 10.0. The van der Waals surface area contributed by atoms with Crippen LogP contribution < -0.4 is 4.74 Å². The molecular weight excluding hydrogens is 396 g/mol. The van der Waals surface area contributed by atoms with Gasteiger partial charge in [-0.1, -0.05) is 35.5 Å². The molecule has 1 saturated heterocycles. The highest BCUT2D eigenvalue weighted by Gasteiger charge is 2.31. The zero-order chi connectivity index (χ0) is 21.2. The zero-order valence-electron chi connectivity index (χ0n) is 16.9. The van der Waals surface area contributed by atoms with Crippen molar-refractivity contribution < 1.29 is 18.8 Å². The lowest BCUT2D eigenvalue weighted by Gasteiger charge is -2.31. The maximum Gasteiger partial charge on any atom is 0.257 e. The van der Waals surface area contributed by atoms with Gasteiger partial charge >= 0.3 is 0 Å². The summed E-state index contributed by atoms with van der Waals surface area (Å²) in [5.74, 6) is 1.39. The Morgan fingerprint density at radius 2 is 1.94 bits per heavy atom. The van der Waals surface area contributed by atoms with Crippen molar-refractivity contribution in [3.8, 4) is 17.3 Å². The number of rotatable bonds is 4. The molecule has 1 fully saturated rings. The quantitative estimate of drug-likeness (QED) is 0.503. The van der Waals surface area contributed by atoms with Crippen LogP contribution in [-0.2, 0) is 4.74 Å². The molecule has 0 radical (unpaired) electrons. The number of methoxy groups -OCH3 is 1. The van der Waals surface area contributed by atoms with Crippen molar-refractivity contribution in [2.24, 2.45) is 0 Å². The molecular formula is C23H20N4O4. The number of ether oxygens (including phenoxy) is 2. The summed E-state index contributed by atoms with van der Waals surface area (Å²) in [6.45, 7) is 1.19. The first-order valence-electron chi connectivity index (χ1n) is 9.96. The van der Waals surface area contributed by atoms with E-state index in [1.807, 2.05) is 42.5 Å². The number of aromatic nitrogens is 3. The van der Waals surface area contributed by atoms with E-state index in [9.17, 15) is 4.79 Å². The van der Waals surface area contributed by atoms with Gasteiger partial charge in [0.05, 0.1) is 20.3 Å². The number of carbonyl (C=O) groups is 1. The second-order valence-electron chi connectivity index (χ2n) is 7.14. The van der Waals surface area contributed by atoms with Gasteiger partial charge in [-0.05, 0) is 29.7 Å². The third-order valence-electron chi connectivity index (χ3n) is 5.30. The van der Waals surface area contributed by atoms with Crippen molar-refractivity contribution in [1.29, 1.82) is 0 Å². The standard InChI is InChI=1S/C23H20N4O4/c1-29-19-10-9-17(15-6-2-3-7-16(15)19)23(28)27-12-13-30-20(14-27)22-25-21(26-31-22)18-8-4-5-11-24-18/h2-11,20H,12-14H2,1H3. The van der Waals surface area contributed by atoms with Crippen LogP contribution >= 0.6 is 0 Å². The maximum absolute atomic E-state index is 13.4. The number of hydrogen-bond donors (Lipinski definition) is 0. The fourth-order valence-electron chi connectivity index (χ4n) is 3.75. The number of fused-ring (bicyclic) bond motifs is 1. The van der Waals surface area contributed by atoms with Crippen LogP contribution in [0.15, 0.2) is 65.3 Å². The molecule has 8 nitrogen and oxygen atoms in total. The number of morpholine rings is 1. The van der Waals surface area contributed by atoms with Gasteiger partial charge in [0.2, 0.25) is 5.82 Å². The Morgan fingerprint density at radius 3 is 2.74 bits per heavy atom. The first kappa shape index (κ1) is 19.2. The van der Waals surface area contributed by atoms with Gasteiger partial charge < -0.3 is 18.9 Å². The lowest BCUT2D eigenvalue weighted by Crippen LogP contribution is -2.42. The van der Waals surface area contributed by atoms with Gasteiger partial charge in [0.15, 0.2) is 6.10 Å². The van der Waals surface area contributed by atoms with Crippen LogP contribution in [0.1, 0.15) is 22.4 Å². The summed E-state index contributed by atoms with van der Waals surface area (Å²) in [6, 6.07) is 16.8. The fraction of sp³-hybridized carbons (Fsp3) is 0.217. The predicted molar refractivity (Wildman–Crippen MR) is 113 cm³/mol. The van der Waals surface area contributed by atoms with E-state index in [0.717, 1.165) is 16.5 Å². The highest BCUT2D eigenvalue weighted by Crippen LogP contribution is 2.30. The zero-order valence-corrected chi connectivity index (χ0v) is 16.9. The monoisotopic (exact) mass is 416 g/mol. The fourth-order valence-corrected chi connectivity index (χ4v) is 3.75. The summed E-state index contributed by atoms with van der Waals surface area (Å²) < 4.78 is 16.7. The highest BCUT2D eigenvalue weighted by atomic mass is 16.5. The predicted octanol–water partition coefficient (Wildman–Crippen LogP) is 3.51.